The van der Waals surface area contributed by atoms with E-state index in [1.165, 1.54) is 125 Å². The van der Waals surface area contributed by atoms with Gasteiger partial charge in [-0.3, -0.25) is 0 Å². The highest BCUT2D eigenvalue weighted by Crippen LogP contribution is 2.21. The van der Waals surface area contributed by atoms with Crippen molar-refractivity contribution in [3.8, 4) is 11.1 Å². The van der Waals surface area contributed by atoms with Gasteiger partial charge in [0.25, 0.3) is 0 Å². The SMILES string of the molecule is CCCCCCCCCCOCc1ccc(-c2ccc(COCCCCCCCCCC)cc2)cc1. The lowest BCUT2D eigenvalue weighted by Gasteiger charge is -2.08. The molecule has 2 aromatic rings. The molecule has 202 valence electrons. The lowest BCUT2D eigenvalue weighted by atomic mass is 10.0. The van der Waals surface area contributed by atoms with E-state index in [1.54, 1.807) is 0 Å². The average molecular weight is 495 g/mol. The van der Waals surface area contributed by atoms with E-state index in [0.717, 1.165) is 13.2 Å². The first-order valence-corrected chi connectivity index (χ1v) is 15.2. The molecule has 0 amide bonds. The van der Waals surface area contributed by atoms with Gasteiger partial charge >= 0.3 is 0 Å². The quantitative estimate of drug-likeness (QED) is 0.143. The third kappa shape index (κ3) is 14.8. The number of benzene rings is 2. The summed E-state index contributed by atoms with van der Waals surface area (Å²) in [5.74, 6) is 0. The van der Waals surface area contributed by atoms with Crippen molar-refractivity contribution in [3.05, 3.63) is 59.7 Å². The van der Waals surface area contributed by atoms with Crippen LogP contribution in [0, 0.1) is 0 Å². The van der Waals surface area contributed by atoms with Crippen LogP contribution in [0.25, 0.3) is 11.1 Å². The highest BCUT2D eigenvalue weighted by Gasteiger charge is 2.01. The maximum absolute atomic E-state index is 5.90. The fourth-order valence-corrected chi connectivity index (χ4v) is 4.64. The van der Waals surface area contributed by atoms with Crippen LogP contribution >= 0.6 is 0 Å². The van der Waals surface area contributed by atoms with Gasteiger partial charge in [0.2, 0.25) is 0 Å². The standard InChI is InChI=1S/C34H54O2/c1-3-5-7-9-11-13-15-17-27-35-29-31-19-23-33(24-20-31)34-25-21-32(22-26-34)30-36-28-18-16-14-12-10-8-6-4-2/h19-26H,3-18,27-30H2,1-2H3. The van der Waals surface area contributed by atoms with Crippen molar-refractivity contribution in [2.45, 2.75) is 130 Å². The second kappa shape index (κ2) is 21.4. The molecule has 0 fully saturated rings. The van der Waals surface area contributed by atoms with Gasteiger partial charge in [-0.05, 0) is 35.1 Å². The van der Waals surface area contributed by atoms with Gasteiger partial charge in [0.15, 0.2) is 0 Å². The number of unbranched alkanes of at least 4 members (excludes halogenated alkanes) is 14. The topological polar surface area (TPSA) is 18.5 Å². The maximum atomic E-state index is 5.90. The Bertz CT molecular complexity index is 669. The lowest BCUT2D eigenvalue weighted by molar-refractivity contribution is 0.116. The van der Waals surface area contributed by atoms with Crippen molar-refractivity contribution in [2.75, 3.05) is 13.2 Å². The first-order chi connectivity index (χ1) is 17.8. The van der Waals surface area contributed by atoms with Gasteiger partial charge in [0.1, 0.15) is 0 Å². The van der Waals surface area contributed by atoms with Crippen molar-refractivity contribution in [1.29, 1.82) is 0 Å². The Morgan fingerprint density at radius 2 is 0.694 bits per heavy atom. The number of ether oxygens (including phenoxy) is 2. The molecular formula is C34H54O2. The Kier molecular flexibility index (Phi) is 18.2. The van der Waals surface area contributed by atoms with Crippen molar-refractivity contribution in [1.82, 2.24) is 0 Å². The summed E-state index contributed by atoms with van der Waals surface area (Å²) in [6.45, 7) is 7.73. The van der Waals surface area contributed by atoms with Crippen LogP contribution in [0.4, 0.5) is 0 Å². The summed E-state index contributed by atoms with van der Waals surface area (Å²) in [7, 11) is 0. The smallest absolute Gasteiger partial charge is 0.0716 e. The molecule has 0 aromatic heterocycles. The Balaban J connectivity index is 1.53. The van der Waals surface area contributed by atoms with Crippen molar-refractivity contribution < 1.29 is 9.47 Å². The van der Waals surface area contributed by atoms with E-state index in [1.807, 2.05) is 0 Å². The minimum atomic E-state index is 0.714. The highest BCUT2D eigenvalue weighted by atomic mass is 16.5. The predicted molar refractivity (Wildman–Crippen MR) is 156 cm³/mol. The lowest BCUT2D eigenvalue weighted by Crippen LogP contribution is -1.96. The third-order valence-corrected chi connectivity index (χ3v) is 7.06. The van der Waals surface area contributed by atoms with Gasteiger partial charge in [0, 0.05) is 13.2 Å². The number of hydrogen-bond acceptors (Lipinski definition) is 2. The monoisotopic (exact) mass is 494 g/mol. The zero-order valence-electron chi connectivity index (χ0n) is 23.6. The van der Waals surface area contributed by atoms with Crippen LogP contribution < -0.4 is 0 Å². The summed E-state index contributed by atoms with van der Waals surface area (Å²) in [5.41, 5.74) is 5.02. The minimum absolute atomic E-state index is 0.714. The maximum Gasteiger partial charge on any atom is 0.0716 e. The van der Waals surface area contributed by atoms with Crippen molar-refractivity contribution >= 4 is 0 Å². The molecule has 0 bridgehead atoms. The van der Waals surface area contributed by atoms with Crippen LogP contribution in [-0.4, -0.2) is 13.2 Å². The number of hydrogen-bond donors (Lipinski definition) is 0. The molecule has 0 aliphatic rings. The molecule has 2 heteroatoms. The normalized spacial score (nSPS) is 11.3. The summed E-state index contributed by atoms with van der Waals surface area (Å²) in [6.07, 6.45) is 21.5. The largest absolute Gasteiger partial charge is 0.377 e. The van der Waals surface area contributed by atoms with Gasteiger partial charge in [-0.15, -0.1) is 0 Å². The van der Waals surface area contributed by atoms with E-state index in [2.05, 4.69) is 62.4 Å². The minimum Gasteiger partial charge on any atom is -0.377 e. The van der Waals surface area contributed by atoms with E-state index in [4.69, 9.17) is 9.47 Å². The van der Waals surface area contributed by atoms with E-state index < -0.39 is 0 Å². The second-order valence-corrected chi connectivity index (χ2v) is 10.4. The zero-order chi connectivity index (χ0) is 25.5. The second-order valence-electron chi connectivity index (χ2n) is 10.4. The van der Waals surface area contributed by atoms with E-state index >= 15 is 0 Å². The zero-order valence-corrected chi connectivity index (χ0v) is 23.6. The van der Waals surface area contributed by atoms with Crippen LogP contribution in [0.15, 0.2) is 48.5 Å². The molecule has 0 saturated heterocycles. The van der Waals surface area contributed by atoms with Crippen molar-refractivity contribution in [2.24, 2.45) is 0 Å². The molecule has 0 saturated carbocycles. The van der Waals surface area contributed by atoms with Crippen LogP contribution in [-0.2, 0) is 22.7 Å². The van der Waals surface area contributed by atoms with Gasteiger partial charge in [-0.1, -0.05) is 152 Å². The molecule has 0 radical (unpaired) electrons. The number of rotatable bonds is 23. The summed E-state index contributed by atoms with van der Waals surface area (Å²) in [6, 6.07) is 17.6. The molecule has 0 spiro atoms. The van der Waals surface area contributed by atoms with E-state index in [-0.39, 0.29) is 0 Å². The predicted octanol–water partition coefficient (Wildman–Crippen LogP) is 10.7. The third-order valence-electron chi connectivity index (χ3n) is 7.06. The van der Waals surface area contributed by atoms with Crippen LogP contribution in [0.3, 0.4) is 0 Å². The van der Waals surface area contributed by atoms with Gasteiger partial charge < -0.3 is 9.47 Å². The Labute approximate surface area is 223 Å². The Hall–Kier alpha value is -1.64. The molecule has 0 unspecified atom stereocenters. The van der Waals surface area contributed by atoms with E-state index in [0.29, 0.717) is 13.2 Å². The molecule has 0 N–H and O–H groups in total. The Morgan fingerprint density at radius 3 is 1.03 bits per heavy atom. The van der Waals surface area contributed by atoms with Crippen LogP contribution in [0.2, 0.25) is 0 Å². The summed E-state index contributed by atoms with van der Waals surface area (Å²) < 4.78 is 11.8. The van der Waals surface area contributed by atoms with Gasteiger partial charge in [0.05, 0.1) is 13.2 Å². The fraction of sp³-hybridized carbons (Fsp3) is 0.647. The van der Waals surface area contributed by atoms with E-state index in [9.17, 15) is 0 Å². The first kappa shape index (κ1) is 30.6. The van der Waals surface area contributed by atoms with Crippen LogP contribution in [0.1, 0.15) is 128 Å². The average Bonchev–Trinajstić information content (AvgIpc) is 2.91. The molecule has 2 aromatic carbocycles. The summed E-state index contributed by atoms with van der Waals surface area (Å²) >= 11 is 0. The molecule has 2 rings (SSSR count). The highest BCUT2D eigenvalue weighted by molar-refractivity contribution is 5.63. The Morgan fingerprint density at radius 1 is 0.389 bits per heavy atom. The molecule has 2 nitrogen and oxygen atoms in total. The molecule has 0 atom stereocenters. The molecule has 0 aliphatic heterocycles. The van der Waals surface area contributed by atoms with Crippen molar-refractivity contribution in [3.63, 3.8) is 0 Å². The molecular weight excluding hydrogens is 440 g/mol. The van der Waals surface area contributed by atoms with Crippen LogP contribution in [0.5, 0.6) is 0 Å². The summed E-state index contributed by atoms with van der Waals surface area (Å²) in [5, 5.41) is 0. The molecule has 0 heterocycles. The fourth-order valence-electron chi connectivity index (χ4n) is 4.64. The molecule has 36 heavy (non-hydrogen) atoms. The summed E-state index contributed by atoms with van der Waals surface area (Å²) in [4.78, 5) is 0. The van der Waals surface area contributed by atoms with Gasteiger partial charge in [-0.2, -0.15) is 0 Å². The van der Waals surface area contributed by atoms with Gasteiger partial charge in [-0.25, -0.2) is 0 Å². The molecule has 0 aliphatic carbocycles. The first-order valence-electron chi connectivity index (χ1n) is 15.2.